The zero-order valence-electron chi connectivity index (χ0n) is 35.6. The Kier molecular flexibility index (Phi) is 27.6. The van der Waals surface area contributed by atoms with Crippen molar-refractivity contribution in [1.82, 2.24) is 0 Å². The van der Waals surface area contributed by atoms with Crippen LogP contribution in [0.4, 0.5) is 11.4 Å². The van der Waals surface area contributed by atoms with Gasteiger partial charge in [0.05, 0.1) is 119 Å². The molecule has 2 aromatic carbocycles. The summed E-state index contributed by atoms with van der Waals surface area (Å²) in [7, 11) is 3.30. The van der Waals surface area contributed by atoms with Crippen LogP contribution in [-0.4, -0.2) is 165 Å². The Morgan fingerprint density at radius 2 is 0.724 bits per heavy atom. The number of allylic oxidation sites excluding steroid dienone is 2. The van der Waals surface area contributed by atoms with Crippen molar-refractivity contribution in [3.8, 4) is 0 Å². The van der Waals surface area contributed by atoms with E-state index in [1.54, 1.807) is 14.2 Å². The topological polar surface area (TPSA) is 116 Å². The number of ketones is 1. The van der Waals surface area contributed by atoms with Crippen LogP contribution in [0.5, 0.6) is 0 Å². The van der Waals surface area contributed by atoms with Crippen LogP contribution in [0.1, 0.15) is 37.8 Å². The van der Waals surface area contributed by atoms with Gasteiger partial charge in [0.15, 0.2) is 5.78 Å². The molecule has 0 unspecified atom stereocenters. The molecule has 0 aromatic heterocycles. The van der Waals surface area contributed by atoms with Crippen LogP contribution >= 0.6 is 0 Å². The molecule has 0 N–H and O–H groups in total. The summed E-state index contributed by atoms with van der Waals surface area (Å²) in [6.07, 6.45) is 5.56. The van der Waals surface area contributed by atoms with Crippen LogP contribution in [0.25, 0.3) is 12.2 Å². The fraction of sp³-hybridized carbons (Fsp3) is 0.622. The molecule has 0 amide bonds. The van der Waals surface area contributed by atoms with E-state index < -0.39 is 0 Å². The first-order chi connectivity index (χ1) is 28.6. The lowest BCUT2D eigenvalue weighted by Crippen LogP contribution is -2.31. The molecule has 2 aromatic rings. The first-order valence-corrected chi connectivity index (χ1v) is 20.8. The Hall–Kier alpha value is -3.21. The highest BCUT2D eigenvalue weighted by Crippen LogP contribution is 2.30. The van der Waals surface area contributed by atoms with Crippen molar-refractivity contribution in [1.29, 1.82) is 0 Å². The predicted molar refractivity (Wildman–Crippen MR) is 229 cm³/mol. The van der Waals surface area contributed by atoms with Crippen LogP contribution in [0, 0.1) is 0 Å². The van der Waals surface area contributed by atoms with Crippen molar-refractivity contribution in [2.45, 2.75) is 26.7 Å². The lowest BCUT2D eigenvalue weighted by Gasteiger charge is -2.25. The van der Waals surface area contributed by atoms with Gasteiger partial charge in [0, 0.05) is 62.9 Å². The number of hydrogen-bond acceptors (Lipinski definition) is 13. The average molecular weight is 815 g/mol. The molecule has 1 fully saturated rings. The summed E-state index contributed by atoms with van der Waals surface area (Å²) in [6, 6.07) is 16.8. The SMILES string of the molecule is CCN(CC)c1ccc(/C=C2/CC/C(=C/c3ccc(N(CCOCCOCCOCCOCCOC)CCOCCOCCOCCOCCOC)cc3)C2=O)cc1. The quantitative estimate of drug-likeness (QED) is 0.0630. The number of anilines is 2. The second kappa shape index (κ2) is 32.6. The van der Waals surface area contributed by atoms with E-state index in [4.69, 9.17) is 47.4 Å². The standard InChI is InChI=1S/C45H70N2O11/c1-5-46(6-2)43-13-7-39(8-14-43)37-41-11-12-42(45(41)48)38-40-9-15-44(16-10-40)47(17-19-51-25-27-55-33-35-57-31-29-53-23-21-49-3)18-20-52-26-28-56-34-36-58-32-30-54-24-22-50-4/h7-10,13-16,37-38H,5-6,11-12,17-36H2,1-4H3/b41-37-,42-38-. The summed E-state index contributed by atoms with van der Waals surface area (Å²) in [5.74, 6) is 0.132. The lowest BCUT2D eigenvalue weighted by molar-refractivity contribution is -0.111. The van der Waals surface area contributed by atoms with Crippen LogP contribution in [-0.2, 0) is 52.2 Å². The number of hydrogen-bond donors (Lipinski definition) is 0. The molecule has 1 aliphatic carbocycles. The third-order valence-electron chi connectivity index (χ3n) is 9.32. The number of carbonyl (C=O) groups is 1. The minimum Gasteiger partial charge on any atom is -0.382 e. The third-order valence-corrected chi connectivity index (χ3v) is 9.32. The predicted octanol–water partition coefficient (Wildman–Crippen LogP) is 5.59. The molecule has 3 rings (SSSR count). The lowest BCUT2D eigenvalue weighted by atomic mass is 10.1. The highest BCUT2D eigenvalue weighted by atomic mass is 16.6. The third kappa shape index (κ3) is 21.2. The van der Waals surface area contributed by atoms with E-state index in [0.29, 0.717) is 132 Å². The van der Waals surface area contributed by atoms with E-state index in [0.717, 1.165) is 53.9 Å². The van der Waals surface area contributed by atoms with Gasteiger partial charge in [-0.1, -0.05) is 24.3 Å². The number of ether oxygens (including phenoxy) is 10. The van der Waals surface area contributed by atoms with Gasteiger partial charge in [-0.2, -0.15) is 0 Å². The second-order valence-electron chi connectivity index (χ2n) is 13.4. The number of rotatable bonds is 36. The molecule has 0 saturated heterocycles. The van der Waals surface area contributed by atoms with Crippen LogP contribution in [0.2, 0.25) is 0 Å². The summed E-state index contributed by atoms with van der Waals surface area (Å²) in [6.45, 7) is 17.1. The first-order valence-electron chi connectivity index (χ1n) is 20.8. The molecule has 13 nitrogen and oxygen atoms in total. The van der Waals surface area contributed by atoms with Crippen LogP contribution in [0.3, 0.4) is 0 Å². The minimum atomic E-state index is 0.132. The molecule has 0 aliphatic heterocycles. The zero-order valence-corrected chi connectivity index (χ0v) is 35.6. The normalized spacial score (nSPS) is 14.3. The largest absolute Gasteiger partial charge is 0.382 e. The van der Waals surface area contributed by atoms with Gasteiger partial charge in [-0.15, -0.1) is 0 Å². The van der Waals surface area contributed by atoms with Crippen molar-refractivity contribution in [3.05, 3.63) is 70.8 Å². The molecule has 0 radical (unpaired) electrons. The van der Waals surface area contributed by atoms with E-state index in [-0.39, 0.29) is 5.78 Å². The number of nitrogens with zero attached hydrogens (tertiary/aromatic N) is 2. The van der Waals surface area contributed by atoms with E-state index >= 15 is 0 Å². The molecular formula is C45H70N2O11. The summed E-state index contributed by atoms with van der Waals surface area (Å²) in [5, 5.41) is 0. The fourth-order valence-corrected chi connectivity index (χ4v) is 6.06. The molecule has 1 aliphatic rings. The van der Waals surface area contributed by atoms with Gasteiger partial charge in [0.25, 0.3) is 0 Å². The Balaban J connectivity index is 1.44. The average Bonchev–Trinajstić information content (AvgIpc) is 3.58. The maximum Gasteiger partial charge on any atom is 0.185 e. The molecular weight excluding hydrogens is 744 g/mol. The van der Waals surface area contributed by atoms with Crippen molar-refractivity contribution < 1.29 is 52.2 Å². The van der Waals surface area contributed by atoms with Gasteiger partial charge < -0.3 is 57.2 Å². The van der Waals surface area contributed by atoms with Crippen molar-refractivity contribution in [3.63, 3.8) is 0 Å². The van der Waals surface area contributed by atoms with E-state index in [9.17, 15) is 4.79 Å². The Morgan fingerprint density at radius 3 is 1.03 bits per heavy atom. The van der Waals surface area contributed by atoms with Crippen molar-refractivity contribution >= 4 is 29.3 Å². The van der Waals surface area contributed by atoms with Crippen LogP contribution < -0.4 is 9.80 Å². The van der Waals surface area contributed by atoms with E-state index in [1.807, 2.05) is 12.2 Å². The Bertz CT molecular complexity index is 1350. The molecule has 0 heterocycles. The van der Waals surface area contributed by atoms with Crippen LogP contribution in [0.15, 0.2) is 59.7 Å². The Morgan fingerprint density at radius 1 is 0.431 bits per heavy atom. The Labute approximate surface area is 347 Å². The van der Waals surface area contributed by atoms with Gasteiger partial charge in [0.1, 0.15) is 0 Å². The summed E-state index contributed by atoms with van der Waals surface area (Å²) in [5.41, 5.74) is 6.02. The molecule has 0 atom stereocenters. The monoisotopic (exact) mass is 814 g/mol. The first kappa shape index (κ1) is 49.2. The van der Waals surface area contributed by atoms with Gasteiger partial charge in [-0.25, -0.2) is 0 Å². The summed E-state index contributed by atoms with van der Waals surface area (Å²) >= 11 is 0. The summed E-state index contributed by atoms with van der Waals surface area (Å²) < 4.78 is 54.8. The number of Topliss-reactive ketones (excluding diaryl/α,β-unsaturated/α-hetero) is 1. The van der Waals surface area contributed by atoms with Gasteiger partial charge in [0.2, 0.25) is 0 Å². The van der Waals surface area contributed by atoms with Gasteiger partial charge in [-0.3, -0.25) is 4.79 Å². The maximum absolute atomic E-state index is 13.4. The second-order valence-corrected chi connectivity index (χ2v) is 13.4. The van der Waals surface area contributed by atoms with Gasteiger partial charge >= 0.3 is 0 Å². The smallest absolute Gasteiger partial charge is 0.185 e. The molecule has 326 valence electrons. The molecule has 0 bridgehead atoms. The highest BCUT2D eigenvalue weighted by molar-refractivity contribution is 6.15. The zero-order chi connectivity index (χ0) is 41.3. The highest BCUT2D eigenvalue weighted by Gasteiger charge is 2.23. The van der Waals surface area contributed by atoms with Gasteiger partial charge in [-0.05, 0) is 74.2 Å². The molecule has 0 spiro atoms. The number of methoxy groups -OCH3 is 2. The van der Waals surface area contributed by atoms with E-state index in [2.05, 4.69) is 72.2 Å². The molecule has 1 saturated carbocycles. The fourth-order valence-electron chi connectivity index (χ4n) is 6.06. The van der Waals surface area contributed by atoms with Crippen molar-refractivity contribution in [2.24, 2.45) is 0 Å². The number of carbonyl (C=O) groups excluding carboxylic acids is 1. The number of benzene rings is 2. The minimum absolute atomic E-state index is 0.132. The van der Waals surface area contributed by atoms with Crippen molar-refractivity contribution in [2.75, 3.05) is 169 Å². The molecule has 13 heteroatoms. The maximum atomic E-state index is 13.4. The molecule has 58 heavy (non-hydrogen) atoms. The van der Waals surface area contributed by atoms with E-state index in [1.165, 1.54) is 5.69 Å². The summed E-state index contributed by atoms with van der Waals surface area (Å²) in [4.78, 5) is 17.9.